The fourth-order valence-electron chi connectivity index (χ4n) is 2.42. The van der Waals surface area contributed by atoms with E-state index in [1.807, 2.05) is 61.5 Å². The van der Waals surface area contributed by atoms with Gasteiger partial charge in [-0.05, 0) is 24.6 Å². The highest BCUT2D eigenvalue weighted by molar-refractivity contribution is 7.86. The first kappa shape index (κ1) is 13.1. The van der Waals surface area contributed by atoms with Crippen molar-refractivity contribution in [1.29, 1.82) is 0 Å². The summed E-state index contributed by atoms with van der Waals surface area (Å²) in [6, 6.07) is 17.3. The molecule has 0 bridgehead atoms. The Balaban J connectivity index is 2.04. The van der Waals surface area contributed by atoms with Gasteiger partial charge in [-0.3, -0.25) is 13.9 Å². The number of benzene rings is 2. The van der Waals surface area contributed by atoms with Gasteiger partial charge >= 0.3 is 0 Å². The Morgan fingerprint density at radius 3 is 2.35 bits per heavy atom. The maximum absolute atomic E-state index is 12.3. The van der Waals surface area contributed by atoms with Crippen LogP contribution >= 0.6 is 0 Å². The minimum atomic E-state index is -1.20. The van der Waals surface area contributed by atoms with Gasteiger partial charge in [-0.2, -0.15) is 0 Å². The molecule has 0 aromatic heterocycles. The number of carbonyl (C=O) groups excluding carboxylic acids is 1. The molecule has 2 aromatic rings. The molecule has 1 aliphatic rings. The van der Waals surface area contributed by atoms with Crippen LogP contribution in [0.15, 0.2) is 54.6 Å². The summed E-state index contributed by atoms with van der Waals surface area (Å²) in [5.74, 6) is 0.00748. The Labute approximate surface area is 120 Å². The third-order valence-electron chi connectivity index (χ3n) is 3.41. The molecular weight excluding hydrogens is 270 g/mol. The first-order valence-electron chi connectivity index (χ1n) is 6.47. The van der Waals surface area contributed by atoms with Gasteiger partial charge in [0.25, 0.3) is 0 Å². The minimum absolute atomic E-state index is 0.0832. The van der Waals surface area contributed by atoms with E-state index in [4.69, 9.17) is 0 Å². The minimum Gasteiger partial charge on any atom is -0.292 e. The molecule has 4 heteroatoms. The SMILES string of the molecule is Cc1ccc(C2N(c3ccccc3)C(=O)CS2=O)cc1. The van der Waals surface area contributed by atoms with Crippen molar-refractivity contribution in [3.05, 3.63) is 65.7 Å². The van der Waals surface area contributed by atoms with E-state index in [-0.39, 0.29) is 17.0 Å². The summed E-state index contributed by atoms with van der Waals surface area (Å²) in [4.78, 5) is 13.8. The normalized spacial score (nSPS) is 22.2. The number of para-hydroxylation sites is 1. The highest BCUT2D eigenvalue weighted by atomic mass is 32.2. The summed E-state index contributed by atoms with van der Waals surface area (Å²) >= 11 is 0. The van der Waals surface area contributed by atoms with Crippen molar-refractivity contribution in [2.24, 2.45) is 0 Å². The van der Waals surface area contributed by atoms with E-state index >= 15 is 0 Å². The van der Waals surface area contributed by atoms with Crippen LogP contribution in [0.2, 0.25) is 0 Å². The van der Waals surface area contributed by atoms with Crippen molar-refractivity contribution >= 4 is 22.4 Å². The van der Waals surface area contributed by atoms with Gasteiger partial charge < -0.3 is 0 Å². The number of carbonyl (C=O) groups is 1. The average Bonchev–Trinajstić information content (AvgIpc) is 2.75. The second-order valence-corrected chi connectivity index (χ2v) is 6.38. The average molecular weight is 285 g/mol. The molecule has 1 saturated heterocycles. The molecular formula is C16H15NO2S. The molecule has 102 valence electrons. The van der Waals surface area contributed by atoms with Gasteiger partial charge in [-0.1, -0.05) is 48.0 Å². The molecule has 1 heterocycles. The second-order valence-electron chi connectivity index (χ2n) is 4.89. The van der Waals surface area contributed by atoms with Crippen molar-refractivity contribution in [3.63, 3.8) is 0 Å². The van der Waals surface area contributed by atoms with E-state index in [0.29, 0.717) is 0 Å². The maximum Gasteiger partial charge on any atom is 0.241 e. The van der Waals surface area contributed by atoms with E-state index in [0.717, 1.165) is 16.8 Å². The molecule has 0 N–H and O–H groups in total. The lowest BCUT2D eigenvalue weighted by Crippen LogP contribution is -2.28. The molecule has 2 atom stereocenters. The van der Waals surface area contributed by atoms with Crippen molar-refractivity contribution in [2.45, 2.75) is 12.3 Å². The predicted octanol–water partition coefficient (Wildman–Crippen LogP) is 2.79. The lowest BCUT2D eigenvalue weighted by molar-refractivity contribution is -0.115. The van der Waals surface area contributed by atoms with E-state index in [1.165, 1.54) is 0 Å². The number of aryl methyl sites for hydroxylation is 1. The highest BCUT2D eigenvalue weighted by Crippen LogP contribution is 2.35. The van der Waals surface area contributed by atoms with Crippen LogP contribution in [-0.4, -0.2) is 15.9 Å². The van der Waals surface area contributed by atoms with Crippen molar-refractivity contribution in [1.82, 2.24) is 0 Å². The Hall–Kier alpha value is -1.94. The quantitative estimate of drug-likeness (QED) is 0.851. The van der Waals surface area contributed by atoms with Crippen molar-refractivity contribution < 1.29 is 9.00 Å². The molecule has 1 aliphatic heterocycles. The molecule has 1 fully saturated rings. The summed E-state index contributed by atoms with van der Waals surface area (Å²) in [5.41, 5.74) is 2.87. The molecule has 1 amide bonds. The Morgan fingerprint density at radius 2 is 1.70 bits per heavy atom. The fourth-order valence-corrected chi connectivity index (χ4v) is 3.89. The Bertz CT molecular complexity index is 652. The lowest BCUT2D eigenvalue weighted by Gasteiger charge is -2.24. The molecule has 0 radical (unpaired) electrons. The topological polar surface area (TPSA) is 37.4 Å². The van der Waals surface area contributed by atoms with Gasteiger partial charge in [0, 0.05) is 5.69 Å². The van der Waals surface area contributed by atoms with E-state index in [2.05, 4.69) is 0 Å². The van der Waals surface area contributed by atoms with Crippen LogP contribution in [0.3, 0.4) is 0 Å². The number of amides is 1. The first-order chi connectivity index (χ1) is 9.66. The monoisotopic (exact) mass is 285 g/mol. The standard InChI is InChI=1S/C16H15NO2S/c1-12-7-9-13(10-8-12)16-17(15(18)11-20(16)19)14-5-3-2-4-6-14/h2-10,16H,11H2,1H3. The van der Waals surface area contributed by atoms with Crippen molar-refractivity contribution in [3.8, 4) is 0 Å². The third-order valence-corrected chi connectivity index (χ3v) is 4.93. The first-order valence-corrected chi connectivity index (χ1v) is 7.86. The van der Waals surface area contributed by atoms with Crippen LogP contribution in [0.4, 0.5) is 5.69 Å². The van der Waals surface area contributed by atoms with Crippen LogP contribution < -0.4 is 4.90 Å². The maximum atomic E-state index is 12.3. The molecule has 3 nitrogen and oxygen atoms in total. The zero-order chi connectivity index (χ0) is 14.1. The molecule has 0 aliphatic carbocycles. The molecule has 2 aromatic carbocycles. The zero-order valence-corrected chi connectivity index (χ0v) is 12.0. The number of hydrogen-bond acceptors (Lipinski definition) is 2. The van der Waals surface area contributed by atoms with Gasteiger partial charge in [0.1, 0.15) is 11.1 Å². The smallest absolute Gasteiger partial charge is 0.241 e. The largest absolute Gasteiger partial charge is 0.292 e. The van der Waals surface area contributed by atoms with Gasteiger partial charge in [0.2, 0.25) is 5.91 Å². The molecule has 0 spiro atoms. The zero-order valence-electron chi connectivity index (χ0n) is 11.2. The van der Waals surface area contributed by atoms with Gasteiger partial charge in [0.05, 0.1) is 10.8 Å². The number of hydrogen-bond donors (Lipinski definition) is 0. The van der Waals surface area contributed by atoms with Crippen LogP contribution in [0.25, 0.3) is 0 Å². The molecule has 3 rings (SSSR count). The third kappa shape index (κ3) is 2.27. The number of anilines is 1. The van der Waals surface area contributed by atoms with E-state index in [9.17, 15) is 9.00 Å². The summed E-state index contributed by atoms with van der Waals surface area (Å²) < 4.78 is 12.3. The fraction of sp³-hybridized carbons (Fsp3) is 0.188. The van der Waals surface area contributed by atoms with Gasteiger partial charge in [-0.15, -0.1) is 0 Å². The second kappa shape index (κ2) is 5.21. The van der Waals surface area contributed by atoms with Gasteiger partial charge in [-0.25, -0.2) is 0 Å². The van der Waals surface area contributed by atoms with Gasteiger partial charge in [0.15, 0.2) is 0 Å². The van der Waals surface area contributed by atoms with Crippen LogP contribution in [0.5, 0.6) is 0 Å². The predicted molar refractivity (Wildman–Crippen MR) is 80.9 cm³/mol. The van der Waals surface area contributed by atoms with Crippen molar-refractivity contribution in [2.75, 3.05) is 10.7 Å². The number of nitrogens with zero attached hydrogens (tertiary/aromatic N) is 1. The molecule has 20 heavy (non-hydrogen) atoms. The van der Waals surface area contributed by atoms with Crippen LogP contribution in [-0.2, 0) is 15.6 Å². The van der Waals surface area contributed by atoms with Crippen LogP contribution in [0.1, 0.15) is 16.5 Å². The molecule has 2 unspecified atom stereocenters. The van der Waals surface area contributed by atoms with Crippen LogP contribution in [0, 0.1) is 6.92 Å². The van der Waals surface area contributed by atoms with E-state index < -0.39 is 10.8 Å². The lowest BCUT2D eigenvalue weighted by atomic mass is 10.1. The summed E-state index contributed by atoms with van der Waals surface area (Å²) in [6.45, 7) is 2.01. The number of rotatable bonds is 2. The van der Waals surface area contributed by atoms with E-state index in [1.54, 1.807) is 4.90 Å². The summed E-state index contributed by atoms with van der Waals surface area (Å²) in [5, 5.41) is -0.384. The highest BCUT2D eigenvalue weighted by Gasteiger charge is 2.39. The Kier molecular flexibility index (Phi) is 3.40. The summed E-state index contributed by atoms with van der Waals surface area (Å²) in [6.07, 6.45) is 0. The molecule has 0 saturated carbocycles. The Morgan fingerprint density at radius 1 is 1.05 bits per heavy atom. The summed E-state index contributed by atoms with van der Waals surface area (Å²) in [7, 11) is -1.20.